The number of hydrogen-bond donors (Lipinski definition) is 0. The number of benzene rings is 9. The highest BCUT2D eigenvalue weighted by molar-refractivity contribution is 7.26. The lowest BCUT2D eigenvalue weighted by atomic mass is 9.70. The zero-order chi connectivity index (χ0) is 41.2. The van der Waals surface area contributed by atoms with Crippen LogP contribution in [0.3, 0.4) is 0 Å². The SMILES string of the molecule is c1ccc(-c2nc(-c3ccc(-c4ccc5c(c4)C4(c6ccccc6-c6ccccc64)c4ccccc4-5)cc3)nc(-c3cc4c5ccccc5oc4c4c3sc3ccccc34)n2)cc1. The van der Waals surface area contributed by atoms with E-state index in [9.17, 15) is 0 Å². The van der Waals surface area contributed by atoms with Gasteiger partial charge in [0.1, 0.15) is 11.2 Å². The number of rotatable bonds is 4. The largest absolute Gasteiger partial charge is 0.455 e. The van der Waals surface area contributed by atoms with Crippen LogP contribution in [-0.2, 0) is 5.41 Å². The van der Waals surface area contributed by atoms with Crippen LogP contribution < -0.4 is 0 Å². The van der Waals surface area contributed by atoms with Crippen molar-refractivity contribution in [2.75, 3.05) is 0 Å². The van der Waals surface area contributed by atoms with E-state index in [1.165, 1.54) is 60.2 Å². The maximum atomic E-state index is 6.61. The van der Waals surface area contributed by atoms with Gasteiger partial charge < -0.3 is 4.42 Å². The molecule has 14 rings (SSSR count). The van der Waals surface area contributed by atoms with Crippen molar-refractivity contribution in [2.45, 2.75) is 5.41 Å². The summed E-state index contributed by atoms with van der Waals surface area (Å²) in [5, 5.41) is 4.38. The van der Waals surface area contributed by atoms with Gasteiger partial charge in [-0.3, -0.25) is 0 Å². The Labute approximate surface area is 366 Å². The molecule has 0 N–H and O–H groups in total. The quantitative estimate of drug-likeness (QED) is 0.177. The number of aromatic nitrogens is 3. The van der Waals surface area contributed by atoms with Gasteiger partial charge in [0.15, 0.2) is 17.5 Å². The van der Waals surface area contributed by atoms with Gasteiger partial charge in [-0.05, 0) is 79.9 Å². The lowest BCUT2D eigenvalue weighted by Crippen LogP contribution is -2.25. The fourth-order valence-corrected chi connectivity index (χ4v) is 11.9. The predicted molar refractivity (Wildman–Crippen MR) is 258 cm³/mol. The minimum atomic E-state index is -0.393. The van der Waals surface area contributed by atoms with Gasteiger partial charge >= 0.3 is 0 Å². The Morgan fingerprint density at radius 2 is 0.889 bits per heavy atom. The van der Waals surface area contributed by atoms with E-state index in [4.69, 9.17) is 19.4 Å². The molecule has 0 radical (unpaired) electrons. The molecule has 5 heteroatoms. The van der Waals surface area contributed by atoms with Crippen molar-refractivity contribution >= 4 is 53.4 Å². The highest BCUT2D eigenvalue weighted by Crippen LogP contribution is 2.63. The molecule has 12 aromatic rings. The topological polar surface area (TPSA) is 51.8 Å². The Morgan fingerprint density at radius 3 is 1.59 bits per heavy atom. The van der Waals surface area contributed by atoms with E-state index in [1.807, 2.05) is 30.3 Å². The Bertz CT molecular complexity index is 3800. The third-order valence-electron chi connectivity index (χ3n) is 13.4. The van der Waals surface area contributed by atoms with Gasteiger partial charge in [0.2, 0.25) is 0 Å². The van der Waals surface area contributed by atoms with Gasteiger partial charge in [0, 0.05) is 42.9 Å². The molecule has 0 saturated heterocycles. The van der Waals surface area contributed by atoms with E-state index in [2.05, 4.69) is 170 Å². The number of para-hydroxylation sites is 1. The van der Waals surface area contributed by atoms with E-state index < -0.39 is 5.41 Å². The second-order valence-corrected chi connectivity index (χ2v) is 17.7. The van der Waals surface area contributed by atoms with Crippen LogP contribution in [0.1, 0.15) is 22.3 Å². The molecule has 0 amide bonds. The van der Waals surface area contributed by atoms with Gasteiger partial charge in [0.25, 0.3) is 0 Å². The van der Waals surface area contributed by atoms with Crippen molar-refractivity contribution in [3.63, 3.8) is 0 Å². The Morgan fingerprint density at radius 1 is 0.365 bits per heavy atom. The van der Waals surface area contributed by atoms with E-state index >= 15 is 0 Å². The van der Waals surface area contributed by atoms with Crippen LogP contribution in [-0.4, -0.2) is 15.0 Å². The summed E-state index contributed by atoms with van der Waals surface area (Å²) in [6.45, 7) is 0. The second kappa shape index (κ2) is 13.0. The predicted octanol–water partition coefficient (Wildman–Crippen LogP) is 15.2. The van der Waals surface area contributed by atoms with Crippen LogP contribution in [0.15, 0.2) is 205 Å². The highest BCUT2D eigenvalue weighted by atomic mass is 32.1. The molecule has 9 aromatic carbocycles. The van der Waals surface area contributed by atoms with Gasteiger partial charge in [-0.15, -0.1) is 11.3 Å². The van der Waals surface area contributed by atoms with Gasteiger partial charge in [-0.25, -0.2) is 15.0 Å². The van der Waals surface area contributed by atoms with Crippen LogP contribution in [0.5, 0.6) is 0 Å². The summed E-state index contributed by atoms with van der Waals surface area (Å²) in [6, 6.07) is 71.9. The molecule has 4 nitrogen and oxygen atoms in total. The number of furan rings is 1. The zero-order valence-corrected chi connectivity index (χ0v) is 34.5. The summed E-state index contributed by atoms with van der Waals surface area (Å²) in [6.07, 6.45) is 0. The maximum absolute atomic E-state index is 6.61. The molecule has 0 aliphatic heterocycles. The Hall–Kier alpha value is -7.99. The van der Waals surface area contributed by atoms with Crippen molar-refractivity contribution < 1.29 is 4.42 Å². The summed E-state index contributed by atoms with van der Waals surface area (Å²) < 4.78 is 8.90. The maximum Gasteiger partial charge on any atom is 0.165 e. The molecular formula is C58H33N3OS. The first-order valence-corrected chi connectivity index (χ1v) is 22.2. The molecule has 0 fully saturated rings. The van der Waals surface area contributed by atoms with Gasteiger partial charge in [0.05, 0.1) is 10.1 Å². The molecule has 63 heavy (non-hydrogen) atoms. The number of thiophene rings is 1. The summed E-state index contributed by atoms with van der Waals surface area (Å²) in [4.78, 5) is 15.7. The second-order valence-electron chi connectivity index (χ2n) is 16.6. The van der Waals surface area contributed by atoms with Gasteiger partial charge in [-0.2, -0.15) is 0 Å². The monoisotopic (exact) mass is 819 g/mol. The van der Waals surface area contributed by atoms with Crippen LogP contribution >= 0.6 is 11.3 Å². The highest BCUT2D eigenvalue weighted by Gasteiger charge is 2.51. The number of fused-ring (bicyclic) bond motifs is 17. The first-order valence-electron chi connectivity index (χ1n) is 21.3. The number of hydrogen-bond acceptors (Lipinski definition) is 5. The molecule has 292 valence electrons. The normalized spacial score (nSPS) is 13.2. The van der Waals surface area contributed by atoms with Gasteiger partial charge in [-0.1, -0.05) is 176 Å². The fraction of sp³-hybridized carbons (Fsp3) is 0.0172. The third kappa shape index (κ3) is 4.83. The summed E-state index contributed by atoms with van der Waals surface area (Å²) >= 11 is 1.75. The lowest BCUT2D eigenvalue weighted by molar-refractivity contribution is 0.673. The van der Waals surface area contributed by atoms with E-state index in [0.29, 0.717) is 17.5 Å². The van der Waals surface area contributed by atoms with E-state index in [0.717, 1.165) is 54.3 Å². The van der Waals surface area contributed by atoms with Crippen LogP contribution in [0.4, 0.5) is 0 Å². The molecule has 3 aromatic heterocycles. The van der Waals surface area contributed by atoms with Crippen LogP contribution in [0.25, 0.3) is 110 Å². The van der Waals surface area contributed by atoms with E-state index in [-0.39, 0.29) is 0 Å². The minimum absolute atomic E-state index is 0.393. The Kier molecular flexibility index (Phi) is 7.16. The molecule has 1 spiro atoms. The van der Waals surface area contributed by atoms with E-state index in [1.54, 1.807) is 11.3 Å². The first kappa shape index (κ1) is 34.7. The Balaban J connectivity index is 0.934. The van der Waals surface area contributed by atoms with Crippen LogP contribution in [0.2, 0.25) is 0 Å². The van der Waals surface area contributed by atoms with Crippen molar-refractivity contribution in [2.24, 2.45) is 0 Å². The van der Waals surface area contributed by atoms with Crippen LogP contribution in [0, 0.1) is 0 Å². The number of nitrogens with zero attached hydrogens (tertiary/aromatic N) is 3. The minimum Gasteiger partial charge on any atom is -0.455 e. The smallest absolute Gasteiger partial charge is 0.165 e. The molecular weight excluding hydrogens is 787 g/mol. The zero-order valence-electron chi connectivity index (χ0n) is 33.7. The van der Waals surface area contributed by atoms with Crippen molar-refractivity contribution in [1.82, 2.24) is 15.0 Å². The molecule has 3 heterocycles. The fourth-order valence-electron chi connectivity index (χ4n) is 10.7. The third-order valence-corrected chi connectivity index (χ3v) is 14.6. The molecule has 0 atom stereocenters. The molecule has 0 saturated carbocycles. The average Bonchev–Trinajstić information content (AvgIpc) is 4.09. The lowest BCUT2D eigenvalue weighted by Gasteiger charge is -2.30. The van der Waals surface area contributed by atoms with Crippen molar-refractivity contribution in [3.05, 3.63) is 222 Å². The molecule has 0 bridgehead atoms. The summed E-state index contributed by atoms with van der Waals surface area (Å²) in [7, 11) is 0. The molecule has 2 aliphatic carbocycles. The summed E-state index contributed by atoms with van der Waals surface area (Å²) in [5.41, 5.74) is 17.1. The van der Waals surface area contributed by atoms with Crippen molar-refractivity contribution in [1.29, 1.82) is 0 Å². The molecule has 0 unspecified atom stereocenters. The molecule has 2 aliphatic rings. The summed E-state index contributed by atoms with van der Waals surface area (Å²) in [5.74, 6) is 1.89. The first-order chi connectivity index (χ1) is 31.2. The van der Waals surface area contributed by atoms with Crippen molar-refractivity contribution in [3.8, 4) is 67.5 Å². The standard InChI is InChI=1S/C58H33N3OS/c1-2-14-35(15-3-1)55-59-56(61-57(60-55)45-33-44-42-19-7-12-24-50(42)62-53(44)52-43-20-8-13-25-51(43)63-54(45)52)36-28-26-34(27-29-36)37-30-31-41-40-18-6-11-23-48(40)58(49(41)32-37)46-21-9-4-16-38(46)39-17-5-10-22-47(39)58/h1-33H. The average molecular weight is 820 g/mol.